The highest BCUT2D eigenvalue weighted by molar-refractivity contribution is 6.00. The number of primary amides is 1. The van der Waals surface area contributed by atoms with Crippen molar-refractivity contribution in [1.29, 1.82) is 0 Å². The van der Waals surface area contributed by atoms with Gasteiger partial charge in [0.2, 0.25) is 5.91 Å². The Morgan fingerprint density at radius 2 is 2.10 bits per heavy atom. The number of benzene rings is 1. The largest absolute Gasteiger partial charge is 0.497 e. The molecular weight excluding hydrogens is 260 g/mol. The van der Waals surface area contributed by atoms with Crippen molar-refractivity contribution in [3.8, 4) is 5.75 Å². The lowest BCUT2D eigenvalue weighted by atomic mass is 10.1. The van der Waals surface area contributed by atoms with E-state index in [4.69, 9.17) is 14.9 Å². The summed E-state index contributed by atoms with van der Waals surface area (Å²) < 4.78 is 10.7. The molecule has 0 spiro atoms. The summed E-state index contributed by atoms with van der Waals surface area (Å²) in [7, 11) is 1.57. The summed E-state index contributed by atoms with van der Waals surface area (Å²) in [4.78, 5) is 23.0. The molecular formula is C14H16N2O4. The Morgan fingerprint density at radius 3 is 2.70 bits per heavy atom. The second-order valence-electron chi connectivity index (χ2n) is 4.52. The molecule has 20 heavy (non-hydrogen) atoms. The number of nitrogens with one attached hydrogen (secondary N) is 1. The fourth-order valence-corrected chi connectivity index (χ4v) is 1.88. The van der Waals surface area contributed by atoms with Gasteiger partial charge in [0.25, 0.3) is 5.91 Å². The summed E-state index contributed by atoms with van der Waals surface area (Å²) in [5.74, 6) is -0.224. The van der Waals surface area contributed by atoms with E-state index in [1.165, 1.54) is 6.92 Å². The number of fused-ring (bicyclic) bond motifs is 1. The lowest BCUT2D eigenvalue weighted by Gasteiger charge is -2.08. The Morgan fingerprint density at radius 1 is 1.40 bits per heavy atom. The topological polar surface area (TPSA) is 94.6 Å². The maximum Gasteiger partial charge on any atom is 0.287 e. The number of furan rings is 1. The fourth-order valence-electron chi connectivity index (χ4n) is 1.88. The normalized spacial score (nSPS) is 12.2. The highest BCUT2D eigenvalue weighted by Gasteiger charge is 2.21. The van der Waals surface area contributed by atoms with Crippen LogP contribution in [0, 0.1) is 6.92 Å². The molecule has 0 saturated heterocycles. The molecule has 1 atom stereocenters. The summed E-state index contributed by atoms with van der Waals surface area (Å²) >= 11 is 0. The first-order valence-corrected chi connectivity index (χ1v) is 6.11. The van der Waals surface area contributed by atoms with Crippen LogP contribution in [0.5, 0.6) is 5.75 Å². The zero-order chi connectivity index (χ0) is 14.9. The molecule has 1 aromatic carbocycles. The van der Waals surface area contributed by atoms with Gasteiger partial charge in [0.1, 0.15) is 17.4 Å². The lowest BCUT2D eigenvalue weighted by molar-refractivity contribution is -0.119. The number of ether oxygens (including phenoxy) is 1. The van der Waals surface area contributed by atoms with Gasteiger partial charge < -0.3 is 20.2 Å². The summed E-state index contributed by atoms with van der Waals surface area (Å²) in [6, 6.07) is 4.52. The fraction of sp³-hybridized carbons (Fsp3) is 0.286. The van der Waals surface area contributed by atoms with Gasteiger partial charge in [-0.3, -0.25) is 9.59 Å². The van der Waals surface area contributed by atoms with Gasteiger partial charge in [-0.2, -0.15) is 0 Å². The highest BCUT2D eigenvalue weighted by Crippen LogP contribution is 2.28. The van der Waals surface area contributed by atoms with Crippen LogP contribution in [-0.4, -0.2) is 25.0 Å². The molecule has 3 N–H and O–H groups in total. The van der Waals surface area contributed by atoms with E-state index in [-0.39, 0.29) is 5.76 Å². The summed E-state index contributed by atoms with van der Waals surface area (Å²) in [5, 5.41) is 3.28. The minimum atomic E-state index is -0.760. The Balaban J connectivity index is 2.37. The van der Waals surface area contributed by atoms with E-state index in [9.17, 15) is 9.59 Å². The lowest BCUT2D eigenvalue weighted by Crippen LogP contribution is -2.42. The molecule has 0 unspecified atom stereocenters. The molecule has 0 aliphatic rings. The van der Waals surface area contributed by atoms with Crippen LogP contribution >= 0.6 is 0 Å². The van der Waals surface area contributed by atoms with Gasteiger partial charge in [0, 0.05) is 10.9 Å². The van der Waals surface area contributed by atoms with Gasteiger partial charge in [-0.1, -0.05) is 0 Å². The first-order chi connectivity index (χ1) is 9.43. The predicted molar refractivity (Wildman–Crippen MR) is 73.6 cm³/mol. The van der Waals surface area contributed by atoms with Crippen molar-refractivity contribution in [1.82, 2.24) is 5.32 Å². The molecule has 0 radical (unpaired) electrons. The van der Waals surface area contributed by atoms with Crippen LogP contribution < -0.4 is 15.8 Å². The number of hydrogen-bond donors (Lipinski definition) is 2. The second-order valence-corrected chi connectivity index (χ2v) is 4.52. The predicted octanol–water partition coefficient (Wildman–Crippen LogP) is 1.35. The van der Waals surface area contributed by atoms with Crippen LogP contribution in [-0.2, 0) is 4.79 Å². The van der Waals surface area contributed by atoms with Crippen molar-refractivity contribution >= 4 is 22.8 Å². The van der Waals surface area contributed by atoms with Gasteiger partial charge in [-0.05, 0) is 32.0 Å². The molecule has 1 heterocycles. The smallest absolute Gasteiger partial charge is 0.287 e. The number of methoxy groups -OCH3 is 1. The molecule has 2 aromatic rings. The third-order valence-electron chi connectivity index (χ3n) is 3.12. The Labute approximate surface area is 115 Å². The van der Waals surface area contributed by atoms with Crippen molar-refractivity contribution in [3.05, 3.63) is 29.5 Å². The number of nitrogens with two attached hydrogens (primary N) is 1. The van der Waals surface area contributed by atoms with Crippen LogP contribution in [0.25, 0.3) is 11.0 Å². The van der Waals surface area contributed by atoms with Crippen LogP contribution in [0.15, 0.2) is 22.6 Å². The van der Waals surface area contributed by atoms with E-state index < -0.39 is 17.9 Å². The Hall–Kier alpha value is -2.50. The SMILES string of the molecule is COc1ccc2oc(C(=O)N[C@@H](C)C(N)=O)c(C)c2c1. The minimum Gasteiger partial charge on any atom is -0.497 e. The molecule has 1 aromatic heterocycles. The van der Waals surface area contributed by atoms with Gasteiger partial charge in [0.05, 0.1) is 7.11 Å². The molecule has 6 heteroatoms. The van der Waals surface area contributed by atoms with Crippen LogP contribution in [0.1, 0.15) is 23.0 Å². The Kier molecular flexibility index (Phi) is 3.65. The molecule has 6 nitrogen and oxygen atoms in total. The zero-order valence-electron chi connectivity index (χ0n) is 11.5. The van der Waals surface area contributed by atoms with Crippen molar-refractivity contribution in [2.45, 2.75) is 19.9 Å². The van der Waals surface area contributed by atoms with Gasteiger partial charge >= 0.3 is 0 Å². The third kappa shape index (κ3) is 2.45. The standard InChI is InChI=1S/C14H16N2O4/c1-7-10-6-9(19-3)4-5-11(10)20-12(7)14(18)16-8(2)13(15)17/h4-6,8H,1-3H3,(H2,15,17)(H,16,18)/t8-/m0/s1. The van der Waals surface area contributed by atoms with Gasteiger partial charge in [-0.15, -0.1) is 0 Å². The maximum atomic E-state index is 12.1. The number of aryl methyl sites for hydroxylation is 1. The second kappa shape index (κ2) is 5.24. The molecule has 0 bridgehead atoms. The third-order valence-corrected chi connectivity index (χ3v) is 3.12. The molecule has 2 amide bonds. The van der Waals surface area contributed by atoms with Crippen molar-refractivity contribution in [2.75, 3.05) is 7.11 Å². The number of carbonyl (C=O) groups is 2. The summed E-state index contributed by atoms with van der Waals surface area (Å²) in [5.41, 5.74) is 6.38. The summed E-state index contributed by atoms with van der Waals surface area (Å²) in [6.07, 6.45) is 0. The van der Waals surface area contributed by atoms with Gasteiger partial charge in [-0.25, -0.2) is 0 Å². The van der Waals surface area contributed by atoms with Crippen molar-refractivity contribution < 1.29 is 18.7 Å². The van der Waals surface area contributed by atoms with Gasteiger partial charge in [0.15, 0.2) is 5.76 Å². The van der Waals surface area contributed by atoms with Crippen LogP contribution in [0.2, 0.25) is 0 Å². The van der Waals surface area contributed by atoms with E-state index in [2.05, 4.69) is 5.32 Å². The van der Waals surface area contributed by atoms with Crippen molar-refractivity contribution in [3.63, 3.8) is 0 Å². The maximum absolute atomic E-state index is 12.1. The molecule has 106 valence electrons. The van der Waals surface area contributed by atoms with Crippen LogP contribution in [0.4, 0.5) is 0 Å². The average Bonchev–Trinajstić information content (AvgIpc) is 2.75. The average molecular weight is 276 g/mol. The number of carbonyl (C=O) groups excluding carboxylic acids is 2. The first-order valence-electron chi connectivity index (χ1n) is 6.11. The van der Waals surface area contributed by atoms with E-state index in [0.717, 1.165) is 5.39 Å². The number of hydrogen-bond acceptors (Lipinski definition) is 4. The van der Waals surface area contributed by atoms with E-state index >= 15 is 0 Å². The Bertz CT molecular complexity index is 675. The molecule has 2 rings (SSSR count). The summed E-state index contributed by atoms with van der Waals surface area (Å²) in [6.45, 7) is 3.29. The monoisotopic (exact) mass is 276 g/mol. The molecule has 0 aliphatic heterocycles. The molecule has 0 saturated carbocycles. The first kappa shape index (κ1) is 13.9. The van der Waals surface area contributed by atoms with E-state index in [1.807, 2.05) is 0 Å². The number of amides is 2. The minimum absolute atomic E-state index is 0.168. The highest BCUT2D eigenvalue weighted by atomic mass is 16.5. The number of rotatable bonds is 4. The van der Waals surface area contributed by atoms with E-state index in [0.29, 0.717) is 16.9 Å². The zero-order valence-corrected chi connectivity index (χ0v) is 11.5. The van der Waals surface area contributed by atoms with Crippen LogP contribution in [0.3, 0.4) is 0 Å². The molecule has 0 fully saturated rings. The van der Waals surface area contributed by atoms with Crippen molar-refractivity contribution in [2.24, 2.45) is 5.73 Å². The molecule has 0 aliphatic carbocycles. The quantitative estimate of drug-likeness (QED) is 0.881. The van der Waals surface area contributed by atoms with E-state index in [1.54, 1.807) is 32.2 Å².